The second kappa shape index (κ2) is 9.31. The van der Waals surface area contributed by atoms with E-state index in [0.717, 1.165) is 22.9 Å². The van der Waals surface area contributed by atoms with Crippen molar-refractivity contribution >= 4 is 21.6 Å². The van der Waals surface area contributed by atoms with E-state index in [1.54, 1.807) is 36.4 Å². The highest BCUT2D eigenvalue weighted by Crippen LogP contribution is 2.23. The van der Waals surface area contributed by atoms with Crippen LogP contribution in [0.25, 0.3) is 0 Å². The summed E-state index contributed by atoms with van der Waals surface area (Å²) in [5.74, 6) is -0.632. The van der Waals surface area contributed by atoms with Gasteiger partial charge in [0.25, 0.3) is 5.91 Å². The second-order valence-electron chi connectivity index (χ2n) is 7.49. The molecule has 3 rings (SSSR count). The Morgan fingerprint density at radius 1 is 1.00 bits per heavy atom. The molecule has 3 aromatic rings. The van der Waals surface area contributed by atoms with Crippen molar-refractivity contribution in [1.29, 1.82) is 0 Å². The van der Waals surface area contributed by atoms with Crippen molar-refractivity contribution in [3.8, 4) is 0 Å². The number of halogens is 1. The van der Waals surface area contributed by atoms with Crippen molar-refractivity contribution in [2.75, 3.05) is 10.6 Å². The number of nitrogens with zero attached hydrogens (tertiary/aromatic N) is 1. The van der Waals surface area contributed by atoms with Crippen LogP contribution in [-0.4, -0.2) is 20.6 Å². The summed E-state index contributed by atoms with van der Waals surface area (Å²) in [6.45, 7) is 3.96. The second-order valence-corrected chi connectivity index (χ2v) is 9.40. The minimum Gasteiger partial charge on any atom is -0.346 e. The van der Waals surface area contributed by atoms with Crippen LogP contribution in [0.1, 0.15) is 40.0 Å². The van der Waals surface area contributed by atoms with Gasteiger partial charge in [-0.25, -0.2) is 12.8 Å². The highest BCUT2D eigenvalue weighted by Gasteiger charge is 2.19. The number of aryl methyl sites for hydroxylation is 1. The van der Waals surface area contributed by atoms with Crippen LogP contribution in [0.4, 0.5) is 10.1 Å². The molecule has 0 fully saturated rings. The standard InChI is InChI=1S/C24H25FN2O3S/c1-17-6-4-5-7-21(17)16-27(31(3,29)30)23-14-10-20(11-15-23)24(28)26-18(2)19-8-12-22(25)13-9-19/h4-15,18H,16H2,1-3H3,(H,26,28)/t18-/m1/s1. The molecular formula is C24H25FN2O3S. The summed E-state index contributed by atoms with van der Waals surface area (Å²) in [5.41, 5.74) is 3.58. The fraction of sp³-hybridized carbons (Fsp3) is 0.208. The van der Waals surface area contributed by atoms with E-state index in [-0.39, 0.29) is 24.3 Å². The smallest absolute Gasteiger partial charge is 0.251 e. The Hall–Kier alpha value is -3.19. The molecule has 5 nitrogen and oxygen atoms in total. The summed E-state index contributed by atoms with van der Waals surface area (Å²) < 4.78 is 39.2. The lowest BCUT2D eigenvalue weighted by Gasteiger charge is -2.23. The molecule has 0 heterocycles. The van der Waals surface area contributed by atoms with E-state index < -0.39 is 10.0 Å². The lowest BCUT2D eigenvalue weighted by atomic mass is 10.1. The molecule has 0 bridgehead atoms. The third-order valence-electron chi connectivity index (χ3n) is 5.11. The number of carbonyl (C=O) groups excluding carboxylic acids is 1. The molecule has 0 unspecified atom stereocenters. The summed E-state index contributed by atoms with van der Waals surface area (Å²) in [4.78, 5) is 12.6. The summed E-state index contributed by atoms with van der Waals surface area (Å²) >= 11 is 0. The number of benzene rings is 3. The fourth-order valence-corrected chi connectivity index (χ4v) is 4.11. The Balaban J connectivity index is 1.77. The highest BCUT2D eigenvalue weighted by molar-refractivity contribution is 7.92. The molecular weight excluding hydrogens is 415 g/mol. The van der Waals surface area contributed by atoms with Gasteiger partial charge in [0.05, 0.1) is 24.5 Å². The van der Waals surface area contributed by atoms with E-state index in [1.165, 1.54) is 16.4 Å². The first-order valence-electron chi connectivity index (χ1n) is 9.84. The van der Waals surface area contributed by atoms with Gasteiger partial charge in [0.15, 0.2) is 0 Å². The molecule has 1 amide bonds. The van der Waals surface area contributed by atoms with Crippen molar-refractivity contribution in [2.24, 2.45) is 0 Å². The topological polar surface area (TPSA) is 66.5 Å². The van der Waals surface area contributed by atoms with Gasteiger partial charge in [-0.15, -0.1) is 0 Å². The van der Waals surface area contributed by atoms with Gasteiger partial charge < -0.3 is 5.32 Å². The lowest BCUT2D eigenvalue weighted by Crippen LogP contribution is -2.30. The van der Waals surface area contributed by atoms with Gasteiger partial charge in [-0.05, 0) is 66.9 Å². The molecule has 7 heteroatoms. The summed E-state index contributed by atoms with van der Waals surface area (Å²) in [6.07, 6.45) is 1.16. The molecule has 0 saturated carbocycles. The minimum atomic E-state index is -3.52. The number of carbonyl (C=O) groups is 1. The summed E-state index contributed by atoms with van der Waals surface area (Å²) in [6, 6.07) is 19.7. The highest BCUT2D eigenvalue weighted by atomic mass is 32.2. The van der Waals surface area contributed by atoms with Crippen LogP contribution in [0, 0.1) is 12.7 Å². The average Bonchev–Trinajstić information content (AvgIpc) is 2.73. The maximum Gasteiger partial charge on any atom is 0.251 e. The molecule has 0 aromatic heterocycles. The third-order valence-corrected chi connectivity index (χ3v) is 6.25. The van der Waals surface area contributed by atoms with Crippen LogP contribution in [0.5, 0.6) is 0 Å². The first kappa shape index (κ1) is 22.5. The van der Waals surface area contributed by atoms with Gasteiger partial charge in [0.2, 0.25) is 10.0 Å². The molecule has 31 heavy (non-hydrogen) atoms. The monoisotopic (exact) mass is 440 g/mol. The van der Waals surface area contributed by atoms with Crippen LogP contribution < -0.4 is 9.62 Å². The molecule has 0 aliphatic rings. The van der Waals surface area contributed by atoms with Crippen LogP contribution in [-0.2, 0) is 16.6 Å². The van der Waals surface area contributed by atoms with E-state index in [0.29, 0.717) is 11.3 Å². The van der Waals surface area contributed by atoms with Gasteiger partial charge in [-0.3, -0.25) is 9.10 Å². The molecule has 0 aliphatic carbocycles. The third kappa shape index (κ3) is 5.70. The van der Waals surface area contributed by atoms with Crippen molar-refractivity contribution in [3.63, 3.8) is 0 Å². The molecule has 1 atom stereocenters. The number of anilines is 1. The van der Waals surface area contributed by atoms with Gasteiger partial charge in [-0.2, -0.15) is 0 Å². The Morgan fingerprint density at radius 3 is 2.19 bits per heavy atom. The maximum atomic E-state index is 13.1. The van der Waals surface area contributed by atoms with E-state index >= 15 is 0 Å². The van der Waals surface area contributed by atoms with Crippen molar-refractivity contribution in [3.05, 3.63) is 101 Å². The molecule has 1 N–H and O–H groups in total. The SMILES string of the molecule is Cc1ccccc1CN(c1ccc(C(=O)N[C@H](C)c2ccc(F)cc2)cc1)S(C)(=O)=O. The molecule has 0 saturated heterocycles. The number of nitrogens with one attached hydrogen (secondary N) is 1. The van der Waals surface area contributed by atoms with Crippen LogP contribution in [0.15, 0.2) is 72.8 Å². The Bertz CT molecular complexity index is 1160. The number of amides is 1. The van der Waals surface area contributed by atoms with Crippen LogP contribution >= 0.6 is 0 Å². The van der Waals surface area contributed by atoms with Crippen molar-refractivity contribution in [1.82, 2.24) is 5.32 Å². The van der Waals surface area contributed by atoms with Crippen molar-refractivity contribution < 1.29 is 17.6 Å². The lowest BCUT2D eigenvalue weighted by molar-refractivity contribution is 0.0940. The zero-order valence-corrected chi connectivity index (χ0v) is 18.5. The fourth-order valence-electron chi connectivity index (χ4n) is 3.24. The van der Waals surface area contributed by atoms with Gasteiger partial charge >= 0.3 is 0 Å². The predicted molar refractivity (Wildman–Crippen MR) is 121 cm³/mol. The Morgan fingerprint density at radius 2 is 1.61 bits per heavy atom. The minimum absolute atomic E-state index is 0.207. The van der Waals surface area contributed by atoms with Gasteiger partial charge in [-0.1, -0.05) is 36.4 Å². The normalized spacial score (nSPS) is 12.3. The van der Waals surface area contributed by atoms with Gasteiger partial charge in [0, 0.05) is 5.56 Å². The molecule has 3 aromatic carbocycles. The Labute approximate surface area is 182 Å². The molecule has 0 aliphatic heterocycles. The zero-order valence-electron chi connectivity index (χ0n) is 17.7. The molecule has 162 valence electrons. The quantitative estimate of drug-likeness (QED) is 0.584. The first-order valence-corrected chi connectivity index (χ1v) is 11.7. The van der Waals surface area contributed by atoms with E-state index in [9.17, 15) is 17.6 Å². The molecule has 0 spiro atoms. The van der Waals surface area contributed by atoms with E-state index in [2.05, 4.69) is 5.32 Å². The largest absolute Gasteiger partial charge is 0.346 e. The van der Waals surface area contributed by atoms with Crippen LogP contribution in [0.3, 0.4) is 0 Å². The van der Waals surface area contributed by atoms with E-state index in [1.807, 2.05) is 38.1 Å². The van der Waals surface area contributed by atoms with Crippen molar-refractivity contribution in [2.45, 2.75) is 26.4 Å². The zero-order chi connectivity index (χ0) is 22.6. The average molecular weight is 441 g/mol. The van der Waals surface area contributed by atoms with Crippen LogP contribution in [0.2, 0.25) is 0 Å². The van der Waals surface area contributed by atoms with E-state index in [4.69, 9.17) is 0 Å². The summed E-state index contributed by atoms with van der Waals surface area (Å²) in [5, 5.41) is 2.86. The molecule has 0 radical (unpaired) electrons. The Kier molecular flexibility index (Phi) is 6.75. The van der Waals surface area contributed by atoms with Gasteiger partial charge in [0.1, 0.15) is 5.82 Å². The number of rotatable bonds is 7. The number of sulfonamides is 1. The number of hydrogen-bond acceptors (Lipinski definition) is 3. The predicted octanol–water partition coefficient (Wildman–Crippen LogP) is 4.59. The maximum absolute atomic E-state index is 13.1. The first-order chi connectivity index (χ1) is 14.6. The number of hydrogen-bond donors (Lipinski definition) is 1. The summed E-state index contributed by atoms with van der Waals surface area (Å²) in [7, 11) is -3.52.